The van der Waals surface area contributed by atoms with Crippen LogP contribution in [0.3, 0.4) is 0 Å². The number of rotatable bonds is 12. The summed E-state index contributed by atoms with van der Waals surface area (Å²) >= 11 is 0. The number of benzene rings is 4. The second-order valence-corrected chi connectivity index (χ2v) is 11.6. The summed E-state index contributed by atoms with van der Waals surface area (Å²) in [6.45, 7) is 1.02. The van der Waals surface area contributed by atoms with Gasteiger partial charge in [-0.3, -0.25) is 9.80 Å². The van der Waals surface area contributed by atoms with Crippen molar-refractivity contribution in [1.29, 1.82) is 0 Å². The van der Waals surface area contributed by atoms with E-state index in [0.29, 0.717) is 25.9 Å². The molecule has 0 spiro atoms. The minimum Gasteiger partial charge on any atom is -0.438 e. The number of fused-ring (bicyclic) bond motifs is 2. The molecular weight excluding hydrogens is 576 g/mol. The van der Waals surface area contributed by atoms with Crippen LogP contribution in [0.15, 0.2) is 122 Å². The summed E-state index contributed by atoms with van der Waals surface area (Å²) in [7, 11) is 3.78. The molecule has 2 atom stereocenters. The van der Waals surface area contributed by atoms with Gasteiger partial charge in [0.15, 0.2) is 12.5 Å². The van der Waals surface area contributed by atoms with Crippen molar-refractivity contribution in [2.24, 2.45) is 0 Å². The highest BCUT2D eigenvalue weighted by atomic mass is 16.6. The summed E-state index contributed by atoms with van der Waals surface area (Å²) < 4.78 is 11.8. The van der Waals surface area contributed by atoms with Crippen LogP contribution in [0.25, 0.3) is 21.8 Å². The zero-order chi connectivity index (χ0) is 31.9. The van der Waals surface area contributed by atoms with Crippen molar-refractivity contribution >= 4 is 33.7 Å². The summed E-state index contributed by atoms with van der Waals surface area (Å²) in [5, 5.41) is 2.20. The Balaban J connectivity index is 1.18. The number of carbonyl (C=O) groups is 2. The van der Waals surface area contributed by atoms with Crippen molar-refractivity contribution in [3.8, 4) is 0 Å². The van der Waals surface area contributed by atoms with Crippen LogP contribution in [0, 0.1) is 0 Å². The smallest absolute Gasteiger partial charge is 0.419 e. The van der Waals surface area contributed by atoms with Crippen LogP contribution in [0.5, 0.6) is 0 Å². The van der Waals surface area contributed by atoms with Gasteiger partial charge in [-0.25, -0.2) is 9.59 Å². The molecule has 0 bridgehead atoms. The molecule has 8 heteroatoms. The number of H-pyrrole nitrogens is 2. The molecule has 234 valence electrons. The van der Waals surface area contributed by atoms with E-state index in [1.807, 2.05) is 133 Å². The Morgan fingerprint density at radius 1 is 0.565 bits per heavy atom. The maximum atomic E-state index is 13.4. The maximum absolute atomic E-state index is 13.4. The number of nitrogens with zero attached hydrogens (tertiary/aromatic N) is 2. The van der Waals surface area contributed by atoms with Crippen LogP contribution in [0.2, 0.25) is 0 Å². The summed E-state index contributed by atoms with van der Waals surface area (Å²) in [5.41, 5.74) is 6.17. The first-order valence-electron chi connectivity index (χ1n) is 15.4. The summed E-state index contributed by atoms with van der Waals surface area (Å²) in [6.07, 6.45) is 3.35. The van der Waals surface area contributed by atoms with E-state index in [-0.39, 0.29) is 0 Å². The van der Waals surface area contributed by atoms with Gasteiger partial charge in [-0.15, -0.1) is 0 Å². The van der Waals surface area contributed by atoms with Crippen molar-refractivity contribution in [2.75, 3.05) is 14.1 Å². The third-order valence-electron chi connectivity index (χ3n) is 8.33. The molecule has 4 aromatic carbocycles. The van der Waals surface area contributed by atoms with Crippen LogP contribution in [0.1, 0.15) is 22.3 Å². The molecule has 46 heavy (non-hydrogen) atoms. The highest BCUT2D eigenvalue weighted by molar-refractivity contribution is 6.29. The molecule has 8 nitrogen and oxygen atoms in total. The van der Waals surface area contributed by atoms with E-state index < -0.39 is 24.4 Å². The predicted octanol–water partition coefficient (Wildman–Crippen LogP) is 6.44. The van der Waals surface area contributed by atoms with Crippen molar-refractivity contribution in [3.63, 3.8) is 0 Å². The van der Waals surface area contributed by atoms with Gasteiger partial charge in [0.05, 0.1) is 0 Å². The summed E-state index contributed by atoms with van der Waals surface area (Å²) in [5.74, 6) is -2.05. The monoisotopic (exact) mass is 614 g/mol. The molecule has 2 N–H and O–H groups in total. The second-order valence-electron chi connectivity index (χ2n) is 11.6. The SMILES string of the molecule is CN(Cc1c[nH]c2ccccc12)C(Cc1ccccc1)OC(=O)C(=O)OC(Cc1ccccc1)N(C)Cc1c[nH]c2ccccc12. The number of likely N-dealkylation sites (N-methyl/N-ethyl adjacent to an activating group) is 2. The van der Waals surface area contributed by atoms with Crippen LogP contribution in [-0.2, 0) is 45.0 Å². The van der Waals surface area contributed by atoms with E-state index in [1.165, 1.54) is 0 Å². The standard InChI is InChI=1S/C38H38N4O4/c1-41(25-29-23-39-33-19-11-9-17-31(29)33)35(21-27-13-5-3-6-14-27)45-37(43)38(44)46-36(22-28-15-7-4-8-16-28)42(2)26-30-24-40-34-20-12-10-18-32(30)34/h3-20,23-24,35-36,39-40H,21-22,25-26H2,1-2H3. The molecule has 2 heterocycles. The number of hydrogen-bond donors (Lipinski definition) is 2. The Morgan fingerprint density at radius 3 is 1.35 bits per heavy atom. The summed E-state index contributed by atoms with van der Waals surface area (Å²) in [6, 6.07) is 35.7. The van der Waals surface area contributed by atoms with Gasteiger partial charge in [-0.05, 0) is 48.5 Å². The van der Waals surface area contributed by atoms with Gasteiger partial charge in [0.2, 0.25) is 0 Å². The molecule has 0 saturated carbocycles. The molecule has 0 aliphatic heterocycles. The van der Waals surface area contributed by atoms with Gasteiger partial charge >= 0.3 is 11.9 Å². The van der Waals surface area contributed by atoms with E-state index in [9.17, 15) is 9.59 Å². The lowest BCUT2D eigenvalue weighted by molar-refractivity contribution is -0.184. The average molecular weight is 615 g/mol. The number of esters is 2. The molecule has 2 aromatic heterocycles. The number of ether oxygens (including phenoxy) is 2. The first-order valence-corrected chi connectivity index (χ1v) is 15.4. The third-order valence-corrected chi connectivity index (χ3v) is 8.33. The molecule has 0 fully saturated rings. The van der Waals surface area contributed by atoms with Gasteiger partial charge in [0.1, 0.15) is 0 Å². The number of carbonyl (C=O) groups excluding carboxylic acids is 2. The van der Waals surface area contributed by atoms with E-state index >= 15 is 0 Å². The van der Waals surface area contributed by atoms with Crippen LogP contribution >= 0.6 is 0 Å². The lowest BCUT2D eigenvalue weighted by atomic mass is 10.1. The fourth-order valence-corrected chi connectivity index (χ4v) is 5.82. The Morgan fingerprint density at radius 2 is 0.935 bits per heavy atom. The number of aromatic nitrogens is 2. The van der Waals surface area contributed by atoms with Crippen molar-refractivity contribution in [3.05, 3.63) is 144 Å². The van der Waals surface area contributed by atoms with Crippen LogP contribution in [0.4, 0.5) is 0 Å². The Kier molecular flexibility index (Phi) is 9.57. The molecule has 6 rings (SSSR count). The Bertz CT molecular complexity index is 1760. The fourth-order valence-electron chi connectivity index (χ4n) is 5.82. The zero-order valence-corrected chi connectivity index (χ0v) is 26.1. The molecule has 0 amide bonds. The largest absolute Gasteiger partial charge is 0.438 e. The number of para-hydroxylation sites is 2. The van der Waals surface area contributed by atoms with E-state index in [4.69, 9.17) is 9.47 Å². The number of hydrogen-bond acceptors (Lipinski definition) is 6. The molecule has 2 unspecified atom stereocenters. The fraction of sp³-hybridized carbons (Fsp3) is 0.211. The molecule has 0 aliphatic carbocycles. The van der Waals surface area contributed by atoms with Gasteiger partial charge in [-0.2, -0.15) is 0 Å². The average Bonchev–Trinajstić information content (AvgIpc) is 3.69. The third kappa shape index (κ3) is 7.37. The van der Waals surface area contributed by atoms with Gasteiger partial charge in [-0.1, -0.05) is 97.1 Å². The van der Waals surface area contributed by atoms with Gasteiger partial charge < -0.3 is 19.4 Å². The van der Waals surface area contributed by atoms with Crippen molar-refractivity contribution in [1.82, 2.24) is 19.8 Å². The first-order chi connectivity index (χ1) is 22.4. The van der Waals surface area contributed by atoms with Crippen molar-refractivity contribution < 1.29 is 19.1 Å². The number of aromatic amines is 2. The lowest BCUT2D eigenvalue weighted by Crippen LogP contribution is -2.42. The van der Waals surface area contributed by atoms with E-state index in [0.717, 1.165) is 44.1 Å². The highest BCUT2D eigenvalue weighted by Crippen LogP contribution is 2.23. The molecule has 0 saturated heterocycles. The predicted molar refractivity (Wildman–Crippen MR) is 180 cm³/mol. The first kappa shape index (κ1) is 30.8. The topological polar surface area (TPSA) is 90.7 Å². The maximum Gasteiger partial charge on any atom is 0.419 e. The van der Waals surface area contributed by atoms with E-state index in [2.05, 4.69) is 22.1 Å². The van der Waals surface area contributed by atoms with Gasteiger partial charge in [0.25, 0.3) is 0 Å². The molecular formula is C38H38N4O4. The Labute approximate surface area is 268 Å². The molecule has 6 aromatic rings. The Hall–Kier alpha value is -5.18. The zero-order valence-electron chi connectivity index (χ0n) is 26.1. The normalized spacial score (nSPS) is 12.9. The van der Waals surface area contributed by atoms with Crippen LogP contribution < -0.4 is 0 Å². The van der Waals surface area contributed by atoms with Crippen molar-refractivity contribution in [2.45, 2.75) is 38.4 Å². The molecule has 0 radical (unpaired) electrons. The quantitative estimate of drug-likeness (QED) is 0.0937. The van der Waals surface area contributed by atoms with Gasteiger partial charge in [0, 0.05) is 60.1 Å². The molecule has 0 aliphatic rings. The number of nitrogens with one attached hydrogen (secondary N) is 2. The highest BCUT2D eigenvalue weighted by Gasteiger charge is 2.30. The second kappa shape index (κ2) is 14.3. The lowest BCUT2D eigenvalue weighted by Gasteiger charge is -2.29. The minimum atomic E-state index is -1.02. The van der Waals surface area contributed by atoms with Crippen LogP contribution in [-0.4, -0.2) is 58.3 Å². The summed E-state index contributed by atoms with van der Waals surface area (Å²) in [4.78, 5) is 37.3. The van der Waals surface area contributed by atoms with E-state index in [1.54, 1.807) is 0 Å². The minimum absolute atomic E-state index is 0.409.